The SMILES string of the molecule is c1ccc2c(c1)ccc1c3ccc(N(c4cnc5c(c4)oc4ccccc45)c4ccc5c(n4)oc4ccccc45)cc3ccc21. The van der Waals surface area contributed by atoms with Crippen molar-refractivity contribution in [2.24, 2.45) is 0 Å². The number of furan rings is 2. The van der Waals surface area contributed by atoms with Crippen LogP contribution in [-0.4, -0.2) is 9.97 Å². The number of hydrogen-bond donors (Lipinski definition) is 0. The molecule has 0 amide bonds. The third-order valence-electron chi connectivity index (χ3n) is 8.90. The molecule has 6 aromatic carbocycles. The predicted octanol–water partition coefficient (Wildman–Crippen LogP) is 11.2. The van der Waals surface area contributed by atoms with Crippen molar-refractivity contribution in [3.63, 3.8) is 0 Å². The molecule has 5 heteroatoms. The van der Waals surface area contributed by atoms with Crippen LogP contribution in [0.4, 0.5) is 17.2 Å². The Morgan fingerprint density at radius 1 is 0.444 bits per heavy atom. The summed E-state index contributed by atoms with van der Waals surface area (Å²) >= 11 is 0. The first-order valence-electron chi connectivity index (χ1n) is 15.0. The van der Waals surface area contributed by atoms with Crippen LogP contribution in [0.1, 0.15) is 0 Å². The van der Waals surface area contributed by atoms with Crippen molar-refractivity contribution in [2.75, 3.05) is 4.90 Å². The predicted molar refractivity (Wildman–Crippen MR) is 184 cm³/mol. The minimum atomic E-state index is 0.593. The van der Waals surface area contributed by atoms with Crippen LogP contribution in [-0.2, 0) is 0 Å². The third kappa shape index (κ3) is 3.61. The monoisotopic (exact) mass is 577 g/mol. The van der Waals surface area contributed by atoms with Crippen molar-refractivity contribution in [3.8, 4) is 0 Å². The first-order chi connectivity index (χ1) is 22.3. The van der Waals surface area contributed by atoms with E-state index in [9.17, 15) is 0 Å². The molecule has 0 aliphatic heterocycles. The van der Waals surface area contributed by atoms with Gasteiger partial charge in [-0.05, 0) is 74.8 Å². The summed E-state index contributed by atoms with van der Waals surface area (Å²) in [6.07, 6.45) is 1.89. The maximum Gasteiger partial charge on any atom is 0.229 e. The number of pyridine rings is 2. The van der Waals surface area contributed by atoms with Crippen LogP contribution < -0.4 is 4.90 Å². The highest BCUT2D eigenvalue weighted by atomic mass is 16.3. The van der Waals surface area contributed by atoms with E-state index in [2.05, 4.69) is 83.8 Å². The normalized spacial score (nSPS) is 12.0. The molecular formula is C40H23N3O2. The molecule has 45 heavy (non-hydrogen) atoms. The Kier molecular flexibility index (Phi) is 4.93. The van der Waals surface area contributed by atoms with Crippen LogP contribution in [0.15, 0.2) is 148 Å². The molecule has 10 aromatic rings. The standard InChI is InChI=1S/C40H23N3O2/c1-2-8-28-24(7-1)13-16-31-29-18-15-26(21-25(29)14-17-30(28)31)43(27-22-37-39(41-23-27)34-10-4-6-12-36(34)44-37)38-20-19-33-32-9-3-5-11-35(32)45-40(33)42-38/h1-23H. The van der Waals surface area contributed by atoms with Crippen LogP contribution in [0.2, 0.25) is 0 Å². The molecule has 0 aliphatic carbocycles. The minimum absolute atomic E-state index is 0.593. The van der Waals surface area contributed by atoms with Gasteiger partial charge in [-0.2, -0.15) is 4.98 Å². The molecule has 0 bridgehead atoms. The quantitative estimate of drug-likeness (QED) is 0.196. The highest BCUT2D eigenvalue weighted by Gasteiger charge is 2.20. The zero-order valence-electron chi connectivity index (χ0n) is 23.9. The van der Waals surface area contributed by atoms with E-state index in [0.29, 0.717) is 5.71 Å². The average molecular weight is 578 g/mol. The largest absolute Gasteiger partial charge is 0.454 e. The van der Waals surface area contributed by atoms with Gasteiger partial charge in [0.15, 0.2) is 5.58 Å². The van der Waals surface area contributed by atoms with Gasteiger partial charge in [0.2, 0.25) is 5.71 Å². The fourth-order valence-electron chi connectivity index (χ4n) is 6.80. The van der Waals surface area contributed by atoms with Gasteiger partial charge < -0.3 is 8.83 Å². The minimum Gasteiger partial charge on any atom is -0.454 e. The molecule has 0 spiro atoms. The Morgan fingerprint density at radius 2 is 1.11 bits per heavy atom. The number of rotatable bonds is 3. The number of nitrogens with zero attached hydrogens (tertiary/aromatic N) is 3. The molecule has 5 nitrogen and oxygen atoms in total. The van der Waals surface area contributed by atoms with Gasteiger partial charge in [-0.15, -0.1) is 0 Å². The van der Waals surface area contributed by atoms with E-state index in [1.807, 2.05) is 60.8 Å². The number of fused-ring (bicyclic) bond motifs is 11. The van der Waals surface area contributed by atoms with Gasteiger partial charge in [0.1, 0.15) is 22.5 Å². The van der Waals surface area contributed by atoms with Crippen LogP contribution in [0, 0.1) is 0 Å². The van der Waals surface area contributed by atoms with Crippen LogP contribution >= 0.6 is 0 Å². The second kappa shape index (κ2) is 9.15. The second-order valence-electron chi connectivity index (χ2n) is 11.4. The van der Waals surface area contributed by atoms with E-state index >= 15 is 0 Å². The van der Waals surface area contributed by atoms with Crippen LogP contribution in [0.5, 0.6) is 0 Å². The van der Waals surface area contributed by atoms with Gasteiger partial charge in [-0.3, -0.25) is 4.90 Å². The first kappa shape index (κ1) is 24.3. The Balaban J connectivity index is 1.20. The highest BCUT2D eigenvalue weighted by Crippen LogP contribution is 2.40. The van der Waals surface area contributed by atoms with Gasteiger partial charge in [0, 0.05) is 27.9 Å². The lowest BCUT2D eigenvalue weighted by molar-refractivity contribution is 0.654. The van der Waals surface area contributed by atoms with E-state index in [0.717, 1.165) is 61.0 Å². The molecule has 0 radical (unpaired) electrons. The smallest absolute Gasteiger partial charge is 0.229 e. The van der Waals surface area contributed by atoms with Crippen molar-refractivity contribution in [2.45, 2.75) is 0 Å². The second-order valence-corrected chi connectivity index (χ2v) is 11.4. The van der Waals surface area contributed by atoms with Gasteiger partial charge in [0.25, 0.3) is 0 Å². The van der Waals surface area contributed by atoms with Crippen molar-refractivity contribution >= 4 is 93.6 Å². The van der Waals surface area contributed by atoms with Gasteiger partial charge in [-0.1, -0.05) is 84.9 Å². The molecule has 0 N–H and O–H groups in total. The fraction of sp³-hybridized carbons (Fsp3) is 0. The Morgan fingerprint density at radius 3 is 1.98 bits per heavy atom. The summed E-state index contributed by atoms with van der Waals surface area (Å²) in [6, 6.07) is 46.2. The molecule has 0 atom stereocenters. The number of aromatic nitrogens is 2. The number of benzene rings is 6. The van der Waals surface area contributed by atoms with Crippen LogP contribution in [0.25, 0.3) is 76.5 Å². The Labute approximate surface area is 256 Å². The van der Waals surface area contributed by atoms with Crippen molar-refractivity contribution in [1.29, 1.82) is 0 Å². The third-order valence-corrected chi connectivity index (χ3v) is 8.90. The summed E-state index contributed by atoms with van der Waals surface area (Å²) in [7, 11) is 0. The van der Waals surface area contributed by atoms with E-state index in [1.165, 1.54) is 26.9 Å². The lowest BCUT2D eigenvalue weighted by Gasteiger charge is -2.24. The van der Waals surface area contributed by atoms with Crippen molar-refractivity contribution in [1.82, 2.24) is 9.97 Å². The van der Waals surface area contributed by atoms with Gasteiger partial charge in [0.05, 0.1) is 11.9 Å². The molecule has 4 aromatic heterocycles. The van der Waals surface area contributed by atoms with Gasteiger partial charge in [-0.25, -0.2) is 4.98 Å². The summed E-state index contributed by atoms with van der Waals surface area (Å²) in [4.78, 5) is 12.1. The summed E-state index contributed by atoms with van der Waals surface area (Å²) < 4.78 is 12.5. The first-order valence-corrected chi connectivity index (χ1v) is 15.0. The topological polar surface area (TPSA) is 55.3 Å². The highest BCUT2D eigenvalue weighted by molar-refractivity contribution is 6.17. The maximum absolute atomic E-state index is 6.25. The molecule has 0 saturated heterocycles. The molecule has 0 aliphatic rings. The van der Waals surface area contributed by atoms with Crippen molar-refractivity contribution in [3.05, 3.63) is 140 Å². The zero-order valence-corrected chi connectivity index (χ0v) is 23.9. The molecule has 0 saturated carbocycles. The number of hydrogen-bond acceptors (Lipinski definition) is 5. The van der Waals surface area contributed by atoms with Gasteiger partial charge >= 0.3 is 0 Å². The number of anilines is 3. The average Bonchev–Trinajstić information content (AvgIpc) is 3.65. The number of para-hydroxylation sites is 2. The summed E-state index contributed by atoms with van der Waals surface area (Å²) in [5.74, 6) is 0.727. The lowest BCUT2D eigenvalue weighted by Crippen LogP contribution is -2.11. The summed E-state index contributed by atoms with van der Waals surface area (Å²) in [5, 5.41) is 10.4. The molecular weight excluding hydrogens is 554 g/mol. The van der Waals surface area contributed by atoms with Crippen molar-refractivity contribution < 1.29 is 8.83 Å². The van der Waals surface area contributed by atoms with E-state index in [4.69, 9.17) is 18.8 Å². The maximum atomic E-state index is 6.25. The van der Waals surface area contributed by atoms with Crippen LogP contribution in [0.3, 0.4) is 0 Å². The molecule has 210 valence electrons. The lowest BCUT2D eigenvalue weighted by atomic mass is 9.97. The fourth-order valence-corrected chi connectivity index (χ4v) is 6.80. The zero-order chi connectivity index (χ0) is 29.5. The summed E-state index contributed by atoms with van der Waals surface area (Å²) in [5.41, 5.74) is 5.60. The Bertz CT molecular complexity index is 2680. The molecule has 0 fully saturated rings. The molecule has 10 rings (SSSR count). The van der Waals surface area contributed by atoms with E-state index < -0.39 is 0 Å². The van der Waals surface area contributed by atoms with E-state index in [1.54, 1.807) is 0 Å². The molecule has 4 heterocycles. The Hall–Kier alpha value is -6.20. The van der Waals surface area contributed by atoms with E-state index in [-0.39, 0.29) is 0 Å². The summed E-state index contributed by atoms with van der Waals surface area (Å²) in [6.45, 7) is 0. The molecule has 0 unspecified atom stereocenters.